The van der Waals surface area contributed by atoms with Gasteiger partial charge in [-0.25, -0.2) is 0 Å². The molecule has 2 atom stereocenters. The van der Waals surface area contributed by atoms with Crippen LogP contribution in [0.25, 0.3) is 0 Å². The maximum Gasteiger partial charge on any atom is 0.0761 e. The second-order valence-corrected chi connectivity index (χ2v) is 6.11. The summed E-state index contributed by atoms with van der Waals surface area (Å²) >= 11 is 0. The van der Waals surface area contributed by atoms with Crippen LogP contribution in [0, 0.1) is 6.92 Å². The highest BCUT2D eigenvalue weighted by molar-refractivity contribution is 5.23. The van der Waals surface area contributed by atoms with Crippen molar-refractivity contribution in [3.8, 4) is 0 Å². The van der Waals surface area contributed by atoms with E-state index in [4.69, 9.17) is 0 Å². The van der Waals surface area contributed by atoms with Gasteiger partial charge in [0.1, 0.15) is 0 Å². The van der Waals surface area contributed by atoms with Crippen molar-refractivity contribution in [2.24, 2.45) is 0 Å². The summed E-state index contributed by atoms with van der Waals surface area (Å²) in [4.78, 5) is 2.48. The molecule has 1 saturated heterocycles. The van der Waals surface area contributed by atoms with E-state index in [0.717, 1.165) is 25.9 Å². The Labute approximate surface area is 117 Å². The summed E-state index contributed by atoms with van der Waals surface area (Å²) < 4.78 is 0. The minimum atomic E-state index is -0.294. The van der Waals surface area contributed by atoms with Gasteiger partial charge in [-0.15, -0.1) is 0 Å². The van der Waals surface area contributed by atoms with Crippen molar-refractivity contribution < 1.29 is 5.11 Å². The molecule has 2 nitrogen and oxygen atoms in total. The highest BCUT2D eigenvalue weighted by Gasteiger charge is 2.38. The lowest BCUT2D eigenvalue weighted by atomic mass is 9.85. The number of hydrogen-bond donors (Lipinski definition) is 1. The van der Waals surface area contributed by atoms with E-state index in [-0.39, 0.29) is 11.6 Å². The van der Waals surface area contributed by atoms with Crippen molar-refractivity contribution in [2.75, 3.05) is 13.1 Å². The Hall–Kier alpha value is -0.860. The minimum Gasteiger partial charge on any atom is -0.391 e. The Bertz CT molecular complexity index is 411. The van der Waals surface area contributed by atoms with Gasteiger partial charge in [-0.05, 0) is 51.8 Å². The van der Waals surface area contributed by atoms with Crippen LogP contribution in [0.5, 0.6) is 0 Å². The molecule has 2 rings (SSSR count). The zero-order valence-electron chi connectivity index (χ0n) is 12.5. The van der Waals surface area contributed by atoms with Gasteiger partial charge in [0.25, 0.3) is 0 Å². The number of hydrogen-bond acceptors (Lipinski definition) is 2. The average Bonchev–Trinajstić information content (AvgIpc) is 2.92. The van der Waals surface area contributed by atoms with Crippen LogP contribution < -0.4 is 0 Å². The van der Waals surface area contributed by atoms with Crippen molar-refractivity contribution in [3.63, 3.8) is 0 Å². The number of aryl methyl sites for hydroxylation is 1. The quantitative estimate of drug-likeness (QED) is 0.880. The van der Waals surface area contributed by atoms with E-state index in [2.05, 4.69) is 49.9 Å². The first-order valence-electron chi connectivity index (χ1n) is 7.55. The summed E-state index contributed by atoms with van der Waals surface area (Å²) in [5.41, 5.74) is 2.43. The lowest BCUT2D eigenvalue weighted by Crippen LogP contribution is -2.53. The van der Waals surface area contributed by atoms with Gasteiger partial charge in [-0.1, -0.05) is 36.8 Å². The second kappa shape index (κ2) is 6.06. The molecule has 0 radical (unpaired) electrons. The predicted octanol–water partition coefficient (Wildman–Crippen LogP) is 3.16. The molecule has 2 unspecified atom stereocenters. The first-order chi connectivity index (χ1) is 9.06. The molecule has 0 spiro atoms. The Morgan fingerprint density at radius 3 is 2.58 bits per heavy atom. The minimum absolute atomic E-state index is 0.0831. The number of rotatable bonds is 5. The molecule has 1 fully saturated rings. The largest absolute Gasteiger partial charge is 0.391 e. The zero-order chi connectivity index (χ0) is 13.9. The zero-order valence-corrected chi connectivity index (χ0v) is 12.5. The number of aliphatic hydroxyl groups is 1. The first kappa shape index (κ1) is 14.5. The highest BCUT2D eigenvalue weighted by atomic mass is 16.3. The van der Waals surface area contributed by atoms with Crippen molar-refractivity contribution in [1.29, 1.82) is 0 Å². The Morgan fingerprint density at radius 1 is 1.32 bits per heavy atom. The van der Waals surface area contributed by atoms with Gasteiger partial charge in [0.05, 0.1) is 6.10 Å². The molecule has 2 heteroatoms. The van der Waals surface area contributed by atoms with Gasteiger partial charge in [0.15, 0.2) is 0 Å². The SMILES string of the molecule is CCC(C)(C(O)Cc1cccc(C)c1)N1CCCC1. The molecule has 106 valence electrons. The predicted molar refractivity (Wildman–Crippen MR) is 80.4 cm³/mol. The molecule has 1 heterocycles. The maximum atomic E-state index is 10.7. The highest BCUT2D eigenvalue weighted by Crippen LogP contribution is 2.29. The van der Waals surface area contributed by atoms with Gasteiger partial charge in [-0.2, -0.15) is 0 Å². The van der Waals surface area contributed by atoms with E-state index < -0.39 is 0 Å². The molecule has 1 aliphatic heterocycles. The molecule has 0 bridgehead atoms. The molecule has 0 amide bonds. The van der Waals surface area contributed by atoms with Crippen molar-refractivity contribution >= 4 is 0 Å². The van der Waals surface area contributed by atoms with Crippen LogP contribution in [-0.4, -0.2) is 34.7 Å². The van der Waals surface area contributed by atoms with Crippen LogP contribution >= 0.6 is 0 Å². The molecule has 1 aliphatic rings. The summed E-state index contributed by atoms with van der Waals surface area (Å²) in [7, 11) is 0. The summed E-state index contributed by atoms with van der Waals surface area (Å²) in [5.74, 6) is 0. The van der Waals surface area contributed by atoms with Crippen LogP contribution in [0.4, 0.5) is 0 Å². The lowest BCUT2D eigenvalue weighted by Gasteiger charge is -2.42. The fraction of sp³-hybridized carbons (Fsp3) is 0.647. The van der Waals surface area contributed by atoms with Crippen LogP contribution in [0.3, 0.4) is 0 Å². The lowest BCUT2D eigenvalue weighted by molar-refractivity contribution is -0.0117. The van der Waals surface area contributed by atoms with Crippen LogP contribution in [0.15, 0.2) is 24.3 Å². The molecule has 1 aromatic rings. The van der Waals surface area contributed by atoms with Gasteiger partial charge >= 0.3 is 0 Å². The summed E-state index contributed by atoms with van der Waals surface area (Å²) in [6.07, 6.45) is 4.00. The third-order valence-electron chi connectivity index (χ3n) is 4.77. The van der Waals surface area contributed by atoms with E-state index >= 15 is 0 Å². The molecule has 0 saturated carbocycles. The smallest absolute Gasteiger partial charge is 0.0761 e. The van der Waals surface area contributed by atoms with Crippen LogP contribution in [-0.2, 0) is 6.42 Å². The van der Waals surface area contributed by atoms with Crippen LogP contribution in [0.2, 0.25) is 0 Å². The monoisotopic (exact) mass is 261 g/mol. The Kier molecular flexibility index (Phi) is 4.64. The topological polar surface area (TPSA) is 23.5 Å². The molecule has 0 aliphatic carbocycles. The fourth-order valence-electron chi connectivity index (χ4n) is 3.18. The Balaban J connectivity index is 2.09. The second-order valence-electron chi connectivity index (χ2n) is 6.11. The van der Waals surface area contributed by atoms with Crippen molar-refractivity contribution in [1.82, 2.24) is 4.90 Å². The van der Waals surface area contributed by atoms with Crippen molar-refractivity contribution in [3.05, 3.63) is 35.4 Å². The fourth-order valence-corrected chi connectivity index (χ4v) is 3.18. The van der Waals surface area contributed by atoms with E-state index in [1.165, 1.54) is 24.0 Å². The molecule has 1 N–H and O–H groups in total. The number of likely N-dealkylation sites (tertiary alicyclic amines) is 1. The third kappa shape index (κ3) is 3.18. The van der Waals surface area contributed by atoms with Gasteiger partial charge in [0, 0.05) is 12.0 Å². The van der Waals surface area contributed by atoms with Gasteiger partial charge in [0.2, 0.25) is 0 Å². The first-order valence-corrected chi connectivity index (χ1v) is 7.55. The summed E-state index contributed by atoms with van der Waals surface area (Å²) in [6.45, 7) is 8.79. The maximum absolute atomic E-state index is 10.7. The van der Waals surface area contributed by atoms with Crippen LogP contribution in [0.1, 0.15) is 44.2 Å². The third-order valence-corrected chi connectivity index (χ3v) is 4.77. The number of aliphatic hydroxyl groups excluding tert-OH is 1. The van der Waals surface area contributed by atoms with E-state index in [1.54, 1.807) is 0 Å². The van der Waals surface area contributed by atoms with E-state index in [0.29, 0.717) is 0 Å². The average molecular weight is 261 g/mol. The normalized spacial score (nSPS) is 21.3. The number of benzene rings is 1. The molecule has 19 heavy (non-hydrogen) atoms. The van der Waals surface area contributed by atoms with Gasteiger partial charge in [-0.3, -0.25) is 4.90 Å². The summed E-state index contributed by atoms with van der Waals surface area (Å²) in [6, 6.07) is 8.49. The standard InChI is InChI=1S/C17H27NO/c1-4-17(3,18-10-5-6-11-18)16(19)13-15-9-7-8-14(2)12-15/h7-9,12,16,19H,4-6,10-11,13H2,1-3H3. The van der Waals surface area contributed by atoms with E-state index in [1.807, 2.05) is 0 Å². The van der Waals surface area contributed by atoms with E-state index in [9.17, 15) is 5.11 Å². The van der Waals surface area contributed by atoms with Crippen molar-refractivity contribution in [2.45, 2.75) is 58.1 Å². The molecule has 1 aromatic carbocycles. The molecular weight excluding hydrogens is 234 g/mol. The molecular formula is C17H27NO. The molecule has 0 aromatic heterocycles. The Morgan fingerprint density at radius 2 is 2.00 bits per heavy atom. The number of nitrogens with zero attached hydrogens (tertiary/aromatic N) is 1. The summed E-state index contributed by atoms with van der Waals surface area (Å²) in [5, 5.41) is 10.7. The van der Waals surface area contributed by atoms with Gasteiger partial charge < -0.3 is 5.11 Å².